The van der Waals surface area contributed by atoms with Gasteiger partial charge in [-0.15, -0.1) is 0 Å². The molecular formula is C18H15ClN4O3. The molecule has 0 spiro atoms. The van der Waals surface area contributed by atoms with Gasteiger partial charge in [0.15, 0.2) is 11.5 Å². The minimum atomic E-state index is -0.310. The van der Waals surface area contributed by atoms with Gasteiger partial charge in [-0.1, -0.05) is 23.7 Å². The van der Waals surface area contributed by atoms with E-state index < -0.39 is 0 Å². The predicted octanol–water partition coefficient (Wildman–Crippen LogP) is 3.33. The van der Waals surface area contributed by atoms with Gasteiger partial charge in [0.05, 0.1) is 29.6 Å². The molecule has 0 aliphatic carbocycles. The van der Waals surface area contributed by atoms with Crippen molar-refractivity contribution >= 4 is 23.2 Å². The minimum absolute atomic E-state index is 0.310. The third-order valence-electron chi connectivity index (χ3n) is 3.88. The quantitative estimate of drug-likeness (QED) is 0.765. The summed E-state index contributed by atoms with van der Waals surface area (Å²) in [6, 6.07) is 10.5. The molecule has 2 heterocycles. The number of halogens is 1. The monoisotopic (exact) mass is 370 g/mol. The molecule has 1 aliphatic heterocycles. The van der Waals surface area contributed by atoms with Crippen LogP contribution in [0.2, 0.25) is 5.02 Å². The second-order valence-corrected chi connectivity index (χ2v) is 6.05. The standard InChI is InChI=1S/C18H15ClN4O3/c19-13-8-12(9-16-17(13)26-7-3-6-25-16)18(24)22-14-4-1-2-5-15(14)23-11-20-10-21-23/h1-2,4-5,8-11H,3,6-7H2,(H,22,24). The van der Waals surface area contributed by atoms with Crippen molar-refractivity contribution in [3.63, 3.8) is 0 Å². The Balaban J connectivity index is 1.64. The number of nitrogens with one attached hydrogen (secondary N) is 1. The first-order valence-corrected chi connectivity index (χ1v) is 8.45. The van der Waals surface area contributed by atoms with Crippen molar-refractivity contribution in [2.75, 3.05) is 18.5 Å². The number of hydrogen-bond donors (Lipinski definition) is 1. The molecule has 8 heteroatoms. The van der Waals surface area contributed by atoms with E-state index in [1.807, 2.05) is 18.2 Å². The van der Waals surface area contributed by atoms with E-state index in [2.05, 4.69) is 15.4 Å². The van der Waals surface area contributed by atoms with Gasteiger partial charge in [0.25, 0.3) is 5.91 Å². The fourth-order valence-electron chi connectivity index (χ4n) is 2.67. The zero-order valence-corrected chi connectivity index (χ0v) is 14.4. The molecule has 1 aliphatic rings. The van der Waals surface area contributed by atoms with Crippen molar-refractivity contribution in [3.05, 3.63) is 59.6 Å². The van der Waals surface area contributed by atoms with Crippen LogP contribution in [0.4, 0.5) is 5.69 Å². The molecule has 0 unspecified atom stereocenters. The highest BCUT2D eigenvalue weighted by Crippen LogP contribution is 2.38. The van der Waals surface area contributed by atoms with Crippen molar-refractivity contribution in [2.24, 2.45) is 0 Å². The number of ether oxygens (including phenoxy) is 2. The van der Waals surface area contributed by atoms with Crippen molar-refractivity contribution in [3.8, 4) is 17.2 Å². The van der Waals surface area contributed by atoms with E-state index in [1.165, 1.54) is 6.33 Å². The van der Waals surface area contributed by atoms with Gasteiger partial charge in [-0.25, -0.2) is 9.67 Å². The fourth-order valence-corrected chi connectivity index (χ4v) is 2.93. The topological polar surface area (TPSA) is 78.3 Å². The van der Waals surface area contributed by atoms with E-state index >= 15 is 0 Å². The normalized spacial score (nSPS) is 13.1. The highest BCUT2D eigenvalue weighted by molar-refractivity contribution is 6.32. The van der Waals surface area contributed by atoms with E-state index in [0.29, 0.717) is 46.7 Å². The predicted molar refractivity (Wildman–Crippen MR) is 96.4 cm³/mol. The Hall–Kier alpha value is -3.06. The third kappa shape index (κ3) is 3.21. The second kappa shape index (κ2) is 7.05. The molecule has 0 saturated carbocycles. The average Bonchev–Trinajstić information content (AvgIpc) is 3.07. The van der Waals surface area contributed by atoms with Gasteiger partial charge in [0, 0.05) is 12.0 Å². The first-order valence-electron chi connectivity index (χ1n) is 8.07. The summed E-state index contributed by atoms with van der Waals surface area (Å²) in [6.45, 7) is 1.05. The SMILES string of the molecule is O=C(Nc1ccccc1-n1cncn1)c1cc(Cl)c2c(c1)OCCCO2. The van der Waals surface area contributed by atoms with Gasteiger partial charge < -0.3 is 14.8 Å². The van der Waals surface area contributed by atoms with Crippen molar-refractivity contribution in [2.45, 2.75) is 6.42 Å². The van der Waals surface area contributed by atoms with Crippen molar-refractivity contribution in [1.82, 2.24) is 14.8 Å². The number of benzene rings is 2. The van der Waals surface area contributed by atoms with E-state index in [0.717, 1.165) is 6.42 Å². The lowest BCUT2D eigenvalue weighted by Gasteiger charge is -2.13. The van der Waals surface area contributed by atoms with Crippen LogP contribution < -0.4 is 14.8 Å². The Labute approximate surface area is 154 Å². The van der Waals surface area contributed by atoms with Gasteiger partial charge >= 0.3 is 0 Å². The van der Waals surface area contributed by atoms with E-state index in [1.54, 1.807) is 29.2 Å². The van der Waals surface area contributed by atoms with Gasteiger partial charge in [-0.2, -0.15) is 5.10 Å². The average molecular weight is 371 g/mol. The fraction of sp³-hybridized carbons (Fsp3) is 0.167. The van der Waals surface area contributed by atoms with Crippen LogP contribution in [0.25, 0.3) is 5.69 Å². The number of amides is 1. The van der Waals surface area contributed by atoms with Gasteiger partial charge in [0.2, 0.25) is 0 Å². The third-order valence-corrected chi connectivity index (χ3v) is 4.16. The number of nitrogens with zero attached hydrogens (tertiary/aromatic N) is 3. The molecule has 0 saturated heterocycles. The van der Waals surface area contributed by atoms with E-state index in [-0.39, 0.29) is 5.91 Å². The van der Waals surface area contributed by atoms with Crippen LogP contribution in [0.3, 0.4) is 0 Å². The number of para-hydroxylation sites is 2. The molecular weight excluding hydrogens is 356 g/mol. The maximum atomic E-state index is 12.7. The number of hydrogen-bond acceptors (Lipinski definition) is 5. The number of rotatable bonds is 3. The molecule has 0 atom stereocenters. The van der Waals surface area contributed by atoms with Crippen LogP contribution in [0.15, 0.2) is 49.1 Å². The molecule has 1 N–H and O–H groups in total. The van der Waals surface area contributed by atoms with Crippen LogP contribution >= 0.6 is 11.6 Å². The molecule has 132 valence electrons. The lowest BCUT2D eigenvalue weighted by Crippen LogP contribution is -2.14. The number of carbonyl (C=O) groups is 1. The van der Waals surface area contributed by atoms with Crippen LogP contribution in [0.1, 0.15) is 16.8 Å². The van der Waals surface area contributed by atoms with Crippen molar-refractivity contribution < 1.29 is 14.3 Å². The lowest BCUT2D eigenvalue weighted by molar-refractivity contribution is 0.102. The van der Waals surface area contributed by atoms with Crippen LogP contribution in [0, 0.1) is 0 Å². The Kier molecular flexibility index (Phi) is 4.45. The molecule has 26 heavy (non-hydrogen) atoms. The van der Waals surface area contributed by atoms with Gasteiger partial charge in [0.1, 0.15) is 12.7 Å². The minimum Gasteiger partial charge on any atom is -0.489 e. The van der Waals surface area contributed by atoms with Crippen molar-refractivity contribution in [1.29, 1.82) is 0 Å². The summed E-state index contributed by atoms with van der Waals surface area (Å²) in [5, 5.41) is 7.33. The summed E-state index contributed by atoms with van der Waals surface area (Å²) < 4.78 is 12.8. The summed E-state index contributed by atoms with van der Waals surface area (Å²) in [7, 11) is 0. The van der Waals surface area contributed by atoms with Gasteiger partial charge in [-0.05, 0) is 24.3 Å². The summed E-state index contributed by atoms with van der Waals surface area (Å²) in [5.41, 5.74) is 1.69. The first-order chi connectivity index (χ1) is 12.7. The number of carbonyl (C=O) groups excluding carboxylic acids is 1. The molecule has 1 aromatic heterocycles. The Morgan fingerprint density at radius 3 is 2.88 bits per heavy atom. The molecule has 0 bridgehead atoms. The number of aromatic nitrogens is 3. The Morgan fingerprint density at radius 2 is 2.04 bits per heavy atom. The smallest absolute Gasteiger partial charge is 0.255 e. The maximum Gasteiger partial charge on any atom is 0.255 e. The van der Waals surface area contributed by atoms with E-state index in [9.17, 15) is 4.79 Å². The summed E-state index contributed by atoms with van der Waals surface area (Å²) >= 11 is 6.27. The summed E-state index contributed by atoms with van der Waals surface area (Å²) in [4.78, 5) is 16.7. The van der Waals surface area contributed by atoms with Crippen LogP contribution in [-0.2, 0) is 0 Å². The molecule has 0 fully saturated rings. The molecule has 7 nitrogen and oxygen atoms in total. The molecule has 1 amide bonds. The molecule has 3 aromatic rings. The lowest BCUT2D eigenvalue weighted by atomic mass is 10.1. The highest BCUT2D eigenvalue weighted by Gasteiger charge is 2.19. The van der Waals surface area contributed by atoms with Crippen LogP contribution in [-0.4, -0.2) is 33.9 Å². The molecule has 2 aromatic carbocycles. The maximum absolute atomic E-state index is 12.7. The second-order valence-electron chi connectivity index (χ2n) is 5.65. The van der Waals surface area contributed by atoms with Crippen LogP contribution in [0.5, 0.6) is 11.5 Å². The Morgan fingerprint density at radius 1 is 1.19 bits per heavy atom. The number of fused-ring (bicyclic) bond motifs is 1. The highest BCUT2D eigenvalue weighted by atomic mass is 35.5. The largest absolute Gasteiger partial charge is 0.489 e. The van der Waals surface area contributed by atoms with E-state index in [4.69, 9.17) is 21.1 Å². The first kappa shape index (κ1) is 16.4. The Bertz CT molecular complexity index is 944. The zero-order valence-electron chi connectivity index (χ0n) is 13.7. The van der Waals surface area contributed by atoms with Gasteiger partial charge in [-0.3, -0.25) is 4.79 Å². The number of anilines is 1. The molecule has 0 radical (unpaired) electrons. The summed E-state index contributed by atoms with van der Waals surface area (Å²) in [6.07, 6.45) is 3.76. The molecule has 4 rings (SSSR count). The summed E-state index contributed by atoms with van der Waals surface area (Å²) in [5.74, 6) is 0.642. The zero-order chi connectivity index (χ0) is 17.9.